The highest BCUT2D eigenvalue weighted by molar-refractivity contribution is 6.33. The average Bonchev–Trinajstić information content (AvgIpc) is 3.17. The lowest BCUT2D eigenvalue weighted by molar-refractivity contribution is 0.215. The van der Waals surface area contributed by atoms with E-state index in [1.54, 1.807) is 7.11 Å². The number of nitrogens with zero attached hydrogens (tertiary/aromatic N) is 4. The van der Waals surface area contributed by atoms with Crippen molar-refractivity contribution in [2.75, 3.05) is 38.2 Å². The minimum Gasteiger partial charge on any atom is -0.497 e. The molecular weight excluding hydrogens is 364 g/mol. The van der Waals surface area contributed by atoms with Crippen LogP contribution in [-0.4, -0.2) is 48.3 Å². The molecule has 1 fully saturated rings. The fraction of sp³-hybridized carbons (Fsp3) is 0.300. The molecule has 0 unspecified atom stereocenters. The summed E-state index contributed by atoms with van der Waals surface area (Å²) in [7, 11) is 1.68. The van der Waals surface area contributed by atoms with E-state index in [1.165, 1.54) is 5.69 Å². The van der Waals surface area contributed by atoms with E-state index < -0.39 is 0 Å². The molecule has 0 amide bonds. The van der Waals surface area contributed by atoms with Crippen molar-refractivity contribution in [1.29, 1.82) is 0 Å². The third kappa shape index (κ3) is 4.07. The Kier molecular flexibility index (Phi) is 5.27. The van der Waals surface area contributed by atoms with Crippen molar-refractivity contribution in [3.8, 4) is 17.1 Å². The Labute approximate surface area is 163 Å². The fourth-order valence-electron chi connectivity index (χ4n) is 3.22. The monoisotopic (exact) mass is 384 g/mol. The molecule has 27 heavy (non-hydrogen) atoms. The SMILES string of the molecule is COc1ccc(N2CCN(Cc3nc(-c4ccccc4Cl)no3)CC2)cc1. The molecule has 6 nitrogen and oxygen atoms in total. The first kappa shape index (κ1) is 17.8. The number of hydrogen-bond acceptors (Lipinski definition) is 6. The van der Waals surface area contributed by atoms with Crippen molar-refractivity contribution in [2.45, 2.75) is 6.54 Å². The van der Waals surface area contributed by atoms with Gasteiger partial charge in [-0.25, -0.2) is 0 Å². The summed E-state index contributed by atoms with van der Waals surface area (Å²) in [5, 5.41) is 4.70. The summed E-state index contributed by atoms with van der Waals surface area (Å²) in [5.74, 6) is 2.03. The van der Waals surface area contributed by atoms with Crippen LogP contribution in [-0.2, 0) is 6.54 Å². The molecule has 0 N–H and O–H groups in total. The minimum absolute atomic E-state index is 0.535. The summed E-state index contributed by atoms with van der Waals surface area (Å²) in [6.45, 7) is 4.44. The van der Waals surface area contributed by atoms with Crippen LogP contribution in [0.15, 0.2) is 53.1 Å². The van der Waals surface area contributed by atoms with E-state index >= 15 is 0 Å². The topological polar surface area (TPSA) is 54.6 Å². The van der Waals surface area contributed by atoms with Crippen LogP contribution in [0, 0.1) is 0 Å². The molecule has 2 aromatic carbocycles. The van der Waals surface area contributed by atoms with E-state index in [4.69, 9.17) is 20.9 Å². The van der Waals surface area contributed by atoms with Gasteiger partial charge in [0.15, 0.2) is 0 Å². The first-order valence-corrected chi connectivity index (χ1v) is 9.29. The van der Waals surface area contributed by atoms with Gasteiger partial charge in [0.2, 0.25) is 11.7 Å². The Morgan fingerprint density at radius 2 is 1.78 bits per heavy atom. The lowest BCUT2D eigenvalue weighted by Crippen LogP contribution is -2.46. The lowest BCUT2D eigenvalue weighted by Gasteiger charge is -2.35. The third-order valence-electron chi connectivity index (χ3n) is 4.75. The molecule has 1 aromatic heterocycles. The maximum Gasteiger partial charge on any atom is 0.241 e. The van der Waals surface area contributed by atoms with Gasteiger partial charge in [-0.3, -0.25) is 4.90 Å². The molecule has 0 atom stereocenters. The van der Waals surface area contributed by atoms with Gasteiger partial charge in [-0.2, -0.15) is 4.98 Å². The average molecular weight is 385 g/mol. The van der Waals surface area contributed by atoms with Gasteiger partial charge in [-0.1, -0.05) is 28.9 Å². The number of aromatic nitrogens is 2. The summed E-state index contributed by atoms with van der Waals surface area (Å²) >= 11 is 6.21. The van der Waals surface area contributed by atoms with E-state index in [9.17, 15) is 0 Å². The van der Waals surface area contributed by atoms with Gasteiger partial charge in [0.25, 0.3) is 0 Å². The molecule has 0 radical (unpaired) electrons. The predicted molar refractivity (Wildman–Crippen MR) is 105 cm³/mol. The van der Waals surface area contributed by atoms with Gasteiger partial charge >= 0.3 is 0 Å². The quantitative estimate of drug-likeness (QED) is 0.668. The smallest absolute Gasteiger partial charge is 0.241 e. The number of hydrogen-bond donors (Lipinski definition) is 0. The summed E-state index contributed by atoms with van der Waals surface area (Å²) in [6, 6.07) is 15.7. The number of rotatable bonds is 5. The zero-order chi connectivity index (χ0) is 18.6. The molecule has 1 saturated heterocycles. The highest BCUT2D eigenvalue weighted by atomic mass is 35.5. The number of piperazine rings is 1. The number of benzene rings is 2. The van der Waals surface area contributed by atoms with Crippen LogP contribution >= 0.6 is 11.6 Å². The van der Waals surface area contributed by atoms with Gasteiger partial charge in [0.05, 0.1) is 18.7 Å². The molecule has 7 heteroatoms. The van der Waals surface area contributed by atoms with Crippen LogP contribution in [0.25, 0.3) is 11.4 Å². The molecule has 0 bridgehead atoms. The van der Waals surface area contributed by atoms with E-state index in [0.29, 0.717) is 23.3 Å². The summed E-state index contributed by atoms with van der Waals surface area (Å²) in [5.41, 5.74) is 2.01. The van der Waals surface area contributed by atoms with Gasteiger partial charge in [0, 0.05) is 37.4 Å². The van der Waals surface area contributed by atoms with Crippen LogP contribution in [0.2, 0.25) is 5.02 Å². The Hall–Kier alpha value is -2.57. The van der Waals surface area contributed by atoms with Crippen LogP contribution in [0.4, 0.5) is 5.69 Å². The van der Waals surface area contributed by atoms with E-state index in [0.717, 1.165) is 37.5 Å². The summed E-state index contributed by atoms with van der Waals surface area (Å²) in [4.78, 5) is 9.20. The Bertz CT molecular complexity index is 889. The molecule has 1 aliphatic heterocycles. The number of methoxy groups -OCH3 is 1. The molecular formula is C20H21ClN4O2. The number of ether oxygens (including phenoxy) is 1. The minimum atomic E-state index is 0.535. The van der Waals surface area contributed by atoms with Gasteiger partial charge in [-0.05, 0) is 36.4 Å². The Morgan fingerprint density at radius 1 is 1.04 bits per heavy atom. The third-order valence-corrected chi connectivity index (χ3v) is 5.08. The number of halogens is 1. The molecule has 140 valence electrons. The maximum atomic E-state index is 6.21. The van der Waals surface area contributed by atoms with Crippen LogP contribution < -0.4 is 9.64 Å². The lowest BCUT2D eigenvalue weighted by atomic mass is 10.2. The molecule has 3 aromatic rings. The second-order valence-corrected chi connectivity index (χ2v) is 6.86. The van der Waals surface area contributed by atoms with Crippen molar-refractivity contribution < 1.29 is 9.26 Å². The van der Waals surface area contributed by atoms with Gasteiger partial charge in [-0.15, -0.1) is 0 Å². The van der Waals surface area contributed by atoms with Crippen molar-refractivity contribution in [2.24, 2.45) is 0 Å². The van der Waals surface area contributed by atoms with E-state index in [2.05, 4.69) is 32.1 Å². The normalized spacial score (nSPS) is 15.1. The summed E-state index contributed by atoms with van der Waals surface area (Å²) < 4.78 is 10.6. The Balaban J connectivity index is 1.35. The maximum absolute atomic E-state index is 6.21. The summed E-state index contributed by atoms with van der Waals surface area (Å²) in [6.07, 6.45) is 0. The predicted octanol–water partition coefficient (Wildman–Crippen LogP) is 3.72. The standard InChI is InChI=1S/C20H21ClN4O2/c1-26-16-8-6-15(7-9-16)25-12-10-24(11-13-25)14-19-22-20(23-27-19)17-4-2-3-5-18(17)21/h2-9H,10-14H2,1H3. The van der Waals surface area contributed by atoms with Gasteiger partial charge < -0.3 is 14.2 Å². The fourth-order valence-corrected chi connectivity index (χ4v) is 3.44. The first-order valence-electron chi connectivity index (χ1n) is 8.92. The zero-order valence-corrected chi connectivity index (χ0v) is 15.9. The highest BCUT2D eigenvalue weighted by Crippen LogP contribution is 2.25. The van der Waals surface area contributed by atoms with Crippen LogP contribution in [0.3, 0.4) is 0 Å². The molecule has 0 saturated carbocycles. The molecule has 0 aliphatic carbocycles. The second-order valence-electron chi connectivity index (χ2n) is 6.45. The van der Waals surface area contributed by atoms with Crippen LogP contribution in [0.1, 0.15) is 5.89 Å². The van der Waals surface area contributed by atoms with Gasteiger partial charge in [0.1, 0.15) is 5.75 Å². The molecule has 1 aliphatic rings. The van der Waals surface area contributed by atoms with Crippen molar-refractivity contribution in [3.05, 3.63) is 59.4 Å². The molecule has 2 heterocycles. The first-order chi connectivity index (χ1) is 13.2. The van der Waals surface area contributed by atoms with E-state index in [1.807, 2.05) is 36.4 Å². The van der Waals surface area contributed by atoms with Crippen molar-refractivity contribution in [1.82, 2.24) is 15.0 Å². The van der Waals surface area contributed by atoms with Crippen molar-refractivity contribution in [3.63, 3.8) is 0 Å². The number of anilines is 1. The molecule has 4 rings (SSSR count). The van der Waals surface area contributed by atoms with Crippen molar-refractivity contribution >= 4 is 17.3 Å². The molecule has 0 spiro atoms. The zero-order valence-electron chi connectivity index (χ0n) is 15.1. The highest BCUT2D eigenvalue weighted by Gasteiger charge is 2.20. The largest absolute Gasteiger partial charge is 0.497 e. The Morgan fingerprint density at radius 3 is 2.48 bits per heavy atom. The van der Waals surface area contributed by atoms with Crippen LogP contribution in [0.5, 0.6) is 5.75 Å². The second kappa shape index (κ2) is 7.98. The van der Waals surface area contributed by atoms with E-state index in [-0.39, 0.29) is 0 Å².